The summed E-state index contributed by atoms with van der Waals surface area (Å²) in [5.41, 5.74) is 8.03. The van der Waals surface area contributed by atoms with Crippen LogP contribution in [0.4, 0.5) is 5.69 Å². The van der Waals surface area contributed by atoms with Crippen molar-refractivity contribution in [2.24, 2.45) is 0 Å². The minimum Gasteiger partial charge on any atom is -0.465 e. The van der Waals surface area contributed by atoms with Crippen molar-refractivity contribution in [3.05, 3.63) is 113 Å². The number of benzene rings is 2. The van der Waals surface area contributed by atoms with Crippen LogP contribution in [0.2, 0.25) is 0 Å². The van der Waals surface area contributed by atoms with Crippen LogP contribution in [0.3, 0.4) is 0 Å². The lowest BCUT2D eigenvalue weighted by atomic mass is 9.96. The van der Waals surface area contributed by atoms with E-state index in [-0.39, 0.29) is 18.1 Å². The Morgan fingerprint density at radius 1 is 0.972 bits per heavy atom. The zero-order valence-electron chi connectivity index (χ0n) is 20.7. The molecule has 1 fully saturated rings. The van der Waals surface area contributed by atoms with Gasteiger partial charge in [-0.1, -0.05) is 23.8 Å². The van der Waals surface area contributed by atoms with Crippen LogP contribution in [0, 0.1) is 20.8 Å². The van der Waals surface area contributed by atoms with Crippen LogP contribution in [0.5, 0.6) is 0 Å². The minimum atomic E-state index is -0.347. The summed E-state index contributed by atoms with van der Waals surface area (Å²) in [6.45, 7) is 6.30. The van der Waals surface area contributed by atoms with E-state index in [0.717, 1.165) is 34.0 Å². The Hall–Kier alpha value is -3.97. The van der Waals surface area contributed by atoms with Crippen molar-refractivity contribution in [3.63, 3.8) is 0 Å². The Labute approximate surface area is 216 Å². The molecule has 0 bridgehead atoms. The van der Waals surface area contributed by atoms with Gasteiger partial charge in [0.15, 0.2) is 5.11 Å². The molecular weight excluding hydrogens is 468 g/mol. The highest BCUT2D eigenvalue weighted by Crippen LogP contribution is 2.43. The molecule has 1 aliphatic heterocycles. The molecule has 0 radical (unpaired) electrons. The second kappa shape index (κ2) is 9.59. The summed E-state index contributed by atoms with van der Waals surface area (Å²) in [5.74, 6) is -0.347. The zero-order valence-corrected chi connectivity index (χ0v) is 21.5. The molecular formula is C29H28N4O2S. The number of nitrogens with zero attached hydrogens (tertiary/aromatic N) is 3. The minimum absolute atomic E-state index is 0.0931. The van der Waals surface area contributed by atoms with Gasteiger partial charge in [-0.05, 0) is 93.1 Å². The van der Waals surface area contributed by atoms with Gasteiger partial charge in [-0.3, -0.25) is 4.98 Å². The largest absolute Gasteiger partial charge is 0.465 e. The van der Waals surface area contributed by atoms with Gasteiger partial charge in [-0.15, -0.1) is 0 Å². The van der Waals surface area contributed by atoms with E-state index in [1.54, 1.807) is 12.1 Å². The zero-order chi connectivity index (χ0) is 25.4. The summed E-state index contributed by atoms with van der Waals surface area (Å²) in [6.07, 6.45) is 1.82. The van der Waals surface area contributed by atoms with Gasteiger partial charge in [-0.2, -0.15) is 0 Å². The van der Waals surface area contributed by atoms with Gasteiger partial charge in [0.25, 0.3) is 0 Å². The third kappa shape index (κ3) is 4.16. The molecule has 182 valence electrons. The Balaban J connectivity index is 1.63. The smallest absolute Gasteiger partial charge is 0.337 e. The van der Waals surface area contributed by atoms with Crippen LogP contribution in [0.25, 0.3) is 5.69 Å². The molecule has 2 aromatic carbocycles. The first-order valence-electron chi connectivity index (χ1n) is 11.8. The lowest BCUT2D eigenvalue weighted by Gasteiger charge is -2.28. The van der Waals surface area contributed by atoms with E-state index in [4.69, 9.17) is 17.0 Å². The number of methoxy groups -OCH3 is 1. The maximum absolute atomic E-state index is 11.9. The molecule has 4 aromatic rings. The number of nitrogens with one attached hydrogen (secondary N) is 1. The van der Waals surface area contributed by atoms with Crippen LogP contribution in [-0.2, 0) is 4.74 Å². The predicted molar refractivity (Wildman–Crippen MR) is 146 cm³/mol. The summed E-state index contributed by atoms with van der Waals surface area (Å²) < 4.78 is 7.06. The number of rotatable bonds is 5. The molecule has 1 aliphatic rings. The summed E-state index contributed by atoms with van der Waals surface area (Å²) in [4.78, 5) is 18.8. The average molecular weight is 497 g/mol. The molecule has 0 spiro atoms. The van der Waals surface area contributed by atoms with Crippen molar-refractivity contribution in [1.29, 1.82) is 0 Å². The van der Waals surface area contributed by atoms with Crippen LogP contribution < -0.4 is 10.2 Å². The first-order chi connectivity index (χ1) is 17.4. The molecule has 36 heavy (non-hydrogen) atoms. The maximum atomic E-state index is 11.9. The van der Waals surface area contributed by atoms with E-state index >= 15 is 0 Å². The summed E-state index contributed by atoms with van der Waals surface area (Å²) in [7, 11) is 1.39. The fourth-order valence-electron chi connectivity index (χ4n) is 5.00. The van der Waals surface area contributed by atoms with Crippen LogP contribution >= 0.6 is 12.2 Å². The molecule has 1 saturated heterocycles. The van der Waals surface area contributed by atoms with Gasteiger partial charge in [0.2, 0.25) is 0 Å². The fraction of sp³-hybridized carbons (Fsp3) is 0.207. The Kier molecular flexibility index (Phi) is 6.33. The second-order valence-corrected chi connectivity index (χ2v) is 9.42. The molecule has 2 unspecified atom stereocenters. The monoisotopic (exact) mass is 496 g/mol. The first kappa shape index (κ1) is 23.8. The van der Waals surface area contributed by atoms with E-state index < -0.39 is 0 Å². The van der Waals surface area contributed by atoms with E-state index in [1.807, 2.05) is 36.5 Å². The van der Waals surface area contributed by atoms with Gasteiger partial charge >= 0.3 is 5.97 Å². The molecule has 0 aliphatic carbocycles. The van der Waals surface area contributed by atoms with E-state index in [2.05, 4.69) is 70.9 Å². The topological polar surface area (TPSA) is 59.4 Å². The quantitative estimate of drug-likeness (QED) is 0.280. The Morgan fingerprint density at radius 2 is 1.67 bits per heavy atom. The predicted octanol–water partition coefficient (Wildman–Crippen LogP) is 5.76. The summed E-state index contributed by atoms with van der Waals surface area (Å²) in [6, 6.07) is 23.9. The number of hydrogen-bond donors (Lipinski definition) is 1. The van der Waals surface area contributed by atoms with E-state index in [0.29, 0.717) is 10.7 Å². The van der Waals surface area contributed by atoms with Gasteiger partial charge in [0.1, 0.15) is 0 Å². The molecule has 0 saturated carbocycles. The molecule has 1 N–H and O–H groups in total. The Bertz CT molecular complexity index is 1410. The summed E-state index contributed by atoms with van der Waals surface area (Å²) >= 11 is 5.87. The van der Waals surface area contributed by atoms with Crippen molar-refractivity contribution in [1.82, 2.24) is 14.9 Å². The van der Waals surface area contributed by atoms with Gasteiger partial charge in [0, 0.05) is 29.0 Å². The van der Waals surface area contributed by atoms with Gasteiger partial charge < -0.3 is 19.5 Å². The van der Waals surface area contributed by atoms with Crippen molar-refractivity contribution < 1.29 is 9.53 Å². The number of carbonyl (C=O) groups is 1. The highest BCUT2D eigenvalue weighted by Gasteiger charge is 2.42. The maximum Gasteiger partial charge on any atom is 0.337 e. The molecule has 5 rings (SSSR count). The number of carbonyl (C=O) groups excluding carboxylic acids is 1. The number of pyridine rings is 1. The number of thiocarbonyl (C=S) groups is 1. The lowest BCUT2D eigenvalue weighted by molar-refractivity contribution is 0.0600. The average Bonchev–Trinajstić information content (AvgIpc) is 3.39. The second-order valence-electron chi connectivity index (χ2n) is 9.03. The Morgan fingerprint density at radius 3 is 2.31 bits per heavy atom. The number of ether oxygens (including phenoxy) is 1. The van der Waals surface area contributed by atoms with Crippen molar-refractivity contribution in [3.8, 4) is 5.69 Å². The normalized spacial score (nSPS) is 17.2. The number of hydrogen-bond acceptors (Lipinski definition) is 4. The highest BCUT2D eigenvalue weighted by molar-refractivity contribution is 7.80. The number of aromatic nitrogens is 2. The van der Waals surface area contributed by atoms with Gasteiger partial charge in [-0.25, -0.2) is 4.79 Å². The molecule has 3 heterocycles. The molecule has 0 amide bonds. The third-order valence-electron chi connectivity index (χ3n) is 6.75. The summed E-state index contributed by atoms with van der Waals surface area (Å²) in [5, 5.41) is 4.21. The molecule has 2 atom stereocenters. The van der Waals surface area contributed by atoms with E-state index in [1.165, 1.54) is 12.7 Å². The highest BCUT2D eigenvalue weighted by atomic mass is 32.1. The molecule has 6 nitrogen and oxygen atoms in total. The van der Waals surface area contributed by atoms with Crippen LogP contribution in [-0.4, -0.2) is 27.7 Å². The van der Waals surface area contributed by atoms with Crippen LogP contribution in [0.1, 0.15) is 50.7 Å². The third-order valence-corrected chi connectivity index (χ3v) is 7.06. The molecule has 2 aromatic heterocycles. The SMILES string of the molecule is COC(=O)c1ccc(-n2c(C)cc(C3C(c4ccccn4)NC(=S)N3c3ccc(C)cc3)c2C)cc1. The van der Waals surface area contributed by atoms with Crippen LogP contribution in [0.15, 0.2) is 79.0 Å². The van der Waals surface area contributed by atoms with E-state index in [9.17, 15) is 4.79 Å². The lowest BCUT2D eigenvalue weighted by Crippen LogP contribution is -2.29. The number of aryl methyl sites for hydroxylation is 2. The fourth-order valence-corrected chi connectivity index (χ4v) is 5.35. The standard InChI is InChI=1S/C29H28N4O2S/c1-18-8-12-23(13-9-18)33-27(26(31-29(33)36)25-7-5-6-16-30-25)24-17-19(2)32(20(24)3)22-14-10-21(11-15-22)28(34)35-4/h5-17,26-27H,1-4H3,(H,31,36). The van der Waals surface area contributed by atoms with Crippen molar-refractivity contribution in [2.45, 2.75) is 32.9 Å². The van der Waals surface area contributed by atoms with Gasteiger partial charge in [0.05, 0.1) is 30.5 Å². The van der Waals surface area contributed by atoms with Crippen molar-refractivity contribution in [2.75, 3.05) is 12.0 Å². The molecule has 7 heteroatoms. The number of anilines is 1. The number of esters is 1. The van der Waals surface area contributed by atoms with Crippen molar-refractivity contribution >= 4 is 29.0 Å². The first-order valence-corrected chi connectivity index (χ1v) is 12.2.